The highest BCUT2D eigenvalue weighted by atomic mass is 16.4. The number of hydrogen-bond donors (Lipinski definition) is 8. The Kier molecular flexibility index (Phi) is 10.7. The monoisotopic (exact) mass is 406 g/mol. The maximum absolute atomic E-state index is 12.2. The lowest BCUT2D eigenvalue weighted by molar-refractivity contribution is -0.145. The van der Waals surface area contributed by atoms with Crippen molar-refractivity contribution in [3.8, 4) is 0 Å². The number of aliphatic hydroxyl groups is 2. The smallest absolute Gasteiger partial charge is 0.328 e. The fourth-order valence-corrected chi connectivity index (χ4v) is 1.93. The molecule has 13 nitrogen and oxygen atoms in total. The molecule has 0 aromatic heterocycles. The van der Waals surface area contributed by atoms with Crippen LogP contribution in [0.5, 0.6) is 0 Å². The minimum atomic E-state index is -1.67. The second-order valence-corrected chi connectivity index (χ2v) is 6.10. The largest absolute Gasteiger partial charge is 0.481 e. The van der Waals surface area contributed by atoms with Crippen LogP contribution in [0.15, 0.2) is 0 Å². The first-order valence-electron chi connectivity index (χ1n) is 8.30. The number of nitrogens with one attached hydrogen (secondary N) is 3. The lowest BCUT2D eigenvalue weighted by Gasteiger charge is -2.22. The van der Waals surface area contributed by atoms with Crippen LogP contribution in [0.2, 0.25) is 0 Å². The lowest BCUT2D eigenvalue weighted by atomic mass is 10.1. The van der Waals surface area contributed by atoms with Gasteiger partial charge in [-0.25, -0.2) is 4.79 Å². The molecule has 0 aromatic carbocycles. The molecule has 0 aromatic rings. The number of aliphatic carboxylic acids is 2. The van der Waals surface area contributed by atoms with Crippen molar-refractivity contribution in [2.75, 3.05) is 6.54 Å². The Morgan fingerprint density at radius 3 is 1.93 bits per heavy atom. The van der Waals surface area contributed by atoms with E-state index in [1.165, 1.54) is 6.92 Å². The standard InChI is InChI=1S/C15H26N4O9/c1-6(20)11(16)14(26)17-5-9(22)18-8(3-4-10(23)24)13(25)19-12(7(2)21)15(27)28/h6-8,11-12,20-21H,3-5,16H2,1-2H3,(H,17,26)(H,18,22)(H,19,25)(H,23,24)(H,27,28). The third kappa shape index (κ3) is 9.25. The van der Waals surface area contributed by atoms with Crippen molar-refractivity contribution in [1.29, 1.82) is 0 Å². The first-order chi connectivity index (χ1) is 12.9. The van der Waals surface area contributed by atoms with Gasteiger partial charge in [-0.15, -0.1) is 0 Å². The molecule has 5 atom stereocenters. The second kappa shape index (κ2) is 11.8. The van der Waals surface area contributed by atoms with Gasteiger partial charge in [0.2, 0.25) is 17.7 Å². The van der Waals surface area contributed by atoms with Crippen molar-refractivity contribution < 1.29 is 44.4 Å². The fourth-order valence-electron chi connectivity index (χ4n) is 1.93. The van der Waals surface area contributed by atoms with Crippen molar-refractivity contribution in [1.82, 2.24) is 16.0 Å². The number of carbonyl (C=O) groups excluding carboxylic acids is 3. The molecule has 9 N–H and O–H groups in total. The molecular formula is C15H26N4O9. The summed E-state index contributed by atoms with van der Waals surface area (Å²) < 4.78 is 0. The summed E-state index contributed by atoms with van der Waals surface area (Å²) in [5.74, 6) is -5.49. The molecule has 0 aliphatic rings. The summed E-state index contributed by atoms with van der Waals surface area (Å²) >= 11 is 0. The number of rotatable bonds is 12. The summed E-state index contributed by atoms with van der Waals surface area (Å²) in [7, 11) is 0. The van der Waals surface area contributed by atoms with Gasteiger partial charge in [0, 0.05) is 6.42 Å². The van der Waals surface area contributed by atoms with Crippen LogP contribution in [0.3, 0.4) is 0 Å². The molecule has 3 amide bonds. The first kappa shape index (κ1) is 25.2. The van der Waals surface area contributed by atoms with Gasteiger partial charge in [0.05, 0.1) is 18.8 Å². The molecule has 0 fully saturated rings. The van der Waals surface area contributed by atoms with Crippen molar-refractivity contribution in [3.63, 3.8) is 0 Å². The van der Waals surface area contributed by atoms with Crippen LogP contribution < -0.4 is 21.7 Å². The van der Waals surface area contributed by atoms with Crippen molar-refractivity contribution >= 4 is 29.7 Å². The third-order valence-electron chi connectivity index (χ3n) is 3.59. The van der Waals surface area contributed by atoms with E-state index in [0.717, 1.165) is 6.92 Å². The maximum atomic E-state index is 12.2. The fraction of sp³-hybridized carbons (Fsp3) is 0.667. The van der Waals surface area contributed by atoms with Crippen molar-refractivity contribution in [2.24, 2.45) is 5.73 Å². The summed E-state index contributed by atoms with van der Waals surface area (Å²) in [6, 6.07) is -4.37. The number of carboxylic acid groups (broad SMARTS) is 2. The SMILES string of the molecule is CC(O)C(N)C(=O)NCC(=O)NC(CCC(=O)O)C(=O)NC(C(=O)O)C(C)O. The van der Waals surface area contributed by atoms with Gasteiger partial charge in [0.15, 0.2) is 6.04 Å². The highest BCUT2D eigenvalue weighted by Gasteiger charge is 2.30. The van der Waals surface area contributed by atoms with Gasteiger partial charge in [0.25, 0.3) is 0 Å². The van der Waals surface area contributed by atoms with Crippen molar-refractivity contribution in [2.45, 2.75) is 57.0 Å². The minimum Gasteiger partial charge on any atom is -0.481 e. The Morgan fingerprint density at radius 2 is 1.50 bits per heavy atom. The van der Waals surface area contributed by atoms with Gasteiger partial charge in [-0.1, -0.05) is 0 Å². The van der Waals surface area contributed by atoms with Crippen LogP contribution >= 0.6 is 0 Å². The Hall–Kier alpha value is -2.77. The molecule has 0 saturated carbocycles. The van der Waals surface area contributed by atoms with E-state index in [-0.39, 0.29) is 6.42 Å². The van der Waals surface area contributed by atoms with E-state index in [1.807, 2.05) is 5.32 Å². The second-order valence-electron chi connectivity index (χ2n) is 6.10. The number of carboxylic acids is 2. The molecule has 0 heterocycles. The van der Waals surface area contributed by atoms with Gasteiger partial charge in [-0.3, -0.25) is 19.2 Å². The van der Waals surface area contributed by atoms with Gasteiger partial charge in [-0.05, 0) is 20.3 Å². The summed E-state index contributed by atoms with van der Waals surface area (Å²) in [4.78, 5) is 57.5. The Labute approximate surface area is 160 Å². The molecule has 13 heteroatoms. The van der Waals surface area contributed by atoms with E-state index in [9.17, 15) is 34.2 Å². The number of hydrogen-bond acceptors (Lipinski definition) is 8. The molecule has 28 heavy (non-hydrogen) atoms. The molecule has 5 unspecified atom stereocenters. The summed E-state index contributed by atoms with van der Waals surface area (Å²) in [5.41, 5.74) is 5.39. The highest BCUT2D eigenvalue weighted by Crippen LogP contribution is 2.01. The zero-order chi connectivity index (χ0) is 22.0. The van der Waals surface area contributed by atoms with E-state index in [1.54, 1.807) is 0 Å². The average molecular weight is 406 g/mol. The Morgan fingerprint density at radius 1 is 0.929 bits per heavy atom. The van der Waals surface area contributed by atoms with Crippen LogP contribution in [0.1, 0.15) is 26.7 Å². The first-order valence-corrected chi connectivity index (χ1v) is 8.30. The van der Waals surface area contributed by atoms with Crippen LogP contribution in [0.25, 0.3) is 0 Å². The van der Waals surface area contributed by atoms with Crippen molar-refractivity contribution in [3.05, 3.63) is 0 Å². The molecular weight excluding hydrogens is 380 g/mol. The average Bonchev–Trinajstić information content (AvgIpc) is 2.59. The van der Waals surface area contributed by atoms with E-state index in [0.29, 0.717) is 0 Å². The summed E-state index contributed by atoms with van der Waals surface area (Å²) in [6.07, 6.45) is -3.48. The van der Waals surface area contributed by atoms with Gasteiger partial charge < -0.3 is 42.1 Å². The zero-order valence-electron chi connectivity index (χ0n) is 15.4. The minimum absolute atomic E-state index is 0.361. The number of amides is 3. The van der Waals surface area contributed by atoms with Crippen LogP contribution in [-0.4, -0.2) is 87.0 Å². The molecule has 160 valence electrons. The van der Waals surface area contributed by atoms with Gasteiger partial charge in [0.1, 0.15) is 12.1 Å². The zero-order valence-corrected chi connectivity index (χ0v) is 15.4. The van der Waals surface area contributed by atoms with E-state index >= 15 is 0 Å². The number of nitrogens with two attached hydrogens (primary N) is 1. The molecule has 0 radical (unpaired) electrons. The molecule has 0 aliphatic carbocycles. The van der Waals surface area contributed by atoms with Gasteiger partial charge >= 0.3 is 11.9 Å². The molecule has 0 rings (SSSR count). The molecule has 0 aliphatic heterocycles. The summed E-state index contributed by atoms with van der Waals surface area (Å²) in [6.45, 7) is 1.79. The maximum Gasteiger partial charge on any atom is 0.328 e. The number of aliphatic hydroxyl groups excluding tert-OH is 2. The molecule has 0 bridgehead atoms. The van der Waals surface area contributed by atoms with Crippen LogP contribution in [0, 0.1) is 0 Å². The van der Waals surface area contributed by atoms with E-state index in [2.05, 4.69) is 10.6 Å². The third-order valence-corrected chi connectivity index (χ3v) is 3.59. The van der Waals surface area contributed by atoms with Crippen LogP contribution in [0.4, 0.5) is 0 Å². The number of carbonyl (C=O) groups is 5. The highest BCUT2D eigenvalue weighted by molar-refractivity contribution is 5.92. The lowest BCUT2D eigenvalue weighted by Crippen LogP contribution is -2.56. The van der Waals surface area contributed by atoms with Crippen LogP contribution in [-0.2, 0) is 24.0 Å². The quantitative estimate of drug-likeness (QED) is 0.157. The van der Waals surface area contributed by atoms with E-state index in [4.69, 9.17) is 15.9 Å². The predicted octanol–water partition coefficient (Wildman–Crippen LogP) is -3.89. The Bertz CT molecular complexity index is 594. The van der Waals surface area contributed by atoms with E-state index < -0.39 is 73.0 Å². The predicted molar refractivity (Wildman–Crippen MR) is 92.7 cm³/mol. The topological polar surface area (TPSA) is 228 Å². The van der Waals surface area contributed by atoms with Gasteiger partial charge in [-0.2, -0.15) is 0 Å². The molecule has 0 saturated heterocycles. The normalized spacial score (nSPS) is 16.0. The Balaban J connectivity index is 4.97. The summed E-state index contributed by atoms with van der Waals surface area (Å²) in [5, 5.41) is 42.6. The molecule has 0 spiro atoms.